The predicted octanol–water partition coefficient (Wildman–Crippen LogP) is 3.00. The van der Waals surface area contributed by atoms with Gasteiger partial charge in [0.15, 0.2) is 5.82 Å². The summed E-state index contributed by atoms with van der Waals surface area (Å²) in [5.41, 5.74) is -0.146. The van der Waals surface area contributed by atoms with Crippen LogP contribution in [0.3, 0.4) is 0 Å². The quantitative estimate of drug-likeness (QED) is 0.417. The summed E-state index contributed by atoms with van der Waals surface area (Å²) in [7, 11) is -2.43. The second-order valence-corrected chi connectivity index (χ2v) is 9.27. The van der Waals surface area contributed by atoms with Crippen LogP contribution in [0.2, 0.25) is 0 Å². The van der Waals surface area contributed by atoms with E-state index in [9.17, 15) is 26.4 Å². The molecule has 2 heterocycles. The molecule has 0 saturated heterocycles. The van der Waals surface area contributed by atoms with Crippen molar-refractivity contribution in [2.24, 2.45) is 0 Å². The van der Waals surface area contributed by atoms with E-state index in [1.54, 1.807) is 24.3 Å². The average Bonchev–Trinajstić information content (AvgIpc) is 2.76. The standard InChI is InChI=1S/C20H21F3N8O3S/c1-12(32)28-13-5-4-6-14(9-13)29-19-27-10-15(20(21,22)23)17(30-19)26-11-16-18(25-8-7-24-16)31(2)35(3,33)34/h4-10H,11H2,1-3H3,(H,28,32)(H2,26,27,29,30). The fourth-order valence-corrected chi connectivity index (χ4v) is 3.33. The molecule has 0 unspecified atom stereocenters. The lowest BCUT2D eigenvalue weighted by molar-refractivity contribution is -0.137. The maximum absolute atomic E-state index is 13.6. The smallest absolute Gasteiger partial charge is 0.364 e. The van der Waals surface area contributed by atoms with Gasteiger partial charge in [-0.3, -0.25) is 14.1 Å². The normalized spacial score (nSPS) is 11.6. The molecule has 1 amide bonds. The van der Waals surface area contributed by atoms with Crippen LogP contribution in [0.4, 0.5) is 42.1 Å². The summed E-state index contributed by atoms with van der Waals surface area (Å²) in [5.74, 6) is -1.03. The van der Waals surface area contributed by atoms with Crippen molar-refractivity contribution < 1.29 is 26.4 Å². The van der Waals surface area contributed by atoms with Crippen molar-refractivity contribution in [3.63, 3.8) is 0 Å². The third kappa shape index (κ3) is 6.75. The van der Waals surface area contributed by atoms with E-state index in [-0.39, 0.29) is 29.9 Å². The summed E-state index contributed by atoms with van der Waals surface area (Å²) < 4.78 is 65.4. The number of alkyl halides is 3. The number of amides is 1. The second-order valence-electron chi connectivity index (χ2n) is 7.25. The SMILES string of the molecule is CC(=O)Nc1cccc(Nc2ncc(C(F)(F)F)c(NCc3nccnc3N(C)S(C)(=O)=O)n2)c1. The van der Waals surface area contributed by atoms with Gasteiger partial charge in [0, 0.05) is 43.9 Å². The van der Waals surface area contributed by atoms with Gasteiger partial charge in [-0.15, -0.1) is 0 Å². The highest BCUT2D eigenvalue weighted by Gasteiger charge is 2.35. The topological polar surface area (TPSA) is 142 Å². The molecule has 0 atom stereocenters. The third-order valence-electron chi connectivity index (χ3n) is 4.50. The van der Waals surface area contributed by atoms with Crippen molar-refractivity contribution in [2.75, 3.05) is 33.6 Å². The molecule has 0 bridgehead atoms. The second kappa shape index (κ2) is 10.1. The number of nitrogens with one attached hydrogen (secondary N) is 3. The van der Waals surface area contributed by atoms with Crippen LogP contribution < -0.4 is 20.3 Å². The minimum atomic E-state index is -4.76. The number of sulfonamides is 1. The van der Waals surface area contributed by atoms with Crippen molar-refractivity contribution in [1.29, 1.82) is 0 Å². The molecular formula is C20H21F3N8O3S. The van der Waals surface area contributed by atoms with Gasteiger partial charge < -0.3 is 16.0 Å². The number of hydrogen-bond donors (Lipinski definition) is 3. The van der Waals surface area contributed by atoms with Crippen LogP contribution in [-0.2, 0) is 27.5 Å². The molecule has 11 nitrogen and oxygen atoms in total. The van der Waals surface area contributed by atoms with E-state index in [4.69, 9.17) is 0 Å². The summed E-state index contributed by atoms with van der Waals surface area (Å²) in [6.45, 7) is 1.04. The lowest BCUT2D eigenvalue weighted by Crippen LogP contribution is -2.27. The van der Waals surface area contributed by atoms with Crippen LogP contribution >= 0.6 is 0 Å². The highest BCUT2D eigenvalue weighted by molar-refractivity contribution is 7.92. The van der Waals surface area contributed by atoms with E-state index < -0.39 is 27.6 Å². The molecule has 0 aliphatic carbocycles. The zero-order valence-electron chi connectivity index (χ0n) is 18.8. The average molecular weight is 511 g/mol. The predicted molar refractivity (Wildman–Crippen MR) is 124 cm³/mol. The number of anilines is 5. The summed E-state index contributed by atoms with van der Waals surface area (Å²) in [4.78, 5) is 26.9. The number of carbonyl (C=O) groups excluding carboxylic acids is 1. The summed E-state index contributed by atoms with van der Waals surface area (Å²) >= 11 is 0. The van der Waals surface area contributed by atoms with Crippen molar-refractivity contribution in [3.8, 4) is 0 Å². The fourth-order valence-electron chi connectivity index (χ4n) is 2.86. The van der Waals surface area contributed by atoms with E-state index in [0.717, 1.165) is 10.6 Å². The van der Waals surface area contributed by atoms with Crippen LogP contribution in [0, 0.1) is 0 Å². The van der Waals surface area contributed by atoms with Crippen LogP contribution in [0.1, 0.15) is 18.2 Å². The zero-order valence-corrected chi connectivity index (χ0v) is 19.6. The van der Waals surface area contributed by atoms with Gasteiger partial charge in [0.2, 0.25) is 21.9 Å². The Bertz CT molecular complexity index is 1340. The first-order chi connectivity index (χ1) is 16.3. The molecule has 1 aromatic carbocycles. The lowest BCUT2D eigenvalue weighted by atomic mass is 10.2. The highest BCUT2D eigenvalue weighted by atomic mass is 32.2. The van der Waals surface area contributed by atoms with Gasteiger partial charge >= 0.3 is 6.18 Å². The Morgan fingerprint density at radius 1 is 1.11 bits per heavy atom. The monoisotopic (exact) mass is 510 g/mol. The van der Waals surface area contributed by atoms with Crippen molar-refractivity contribution in [1.82, 2.24) is 19.9 Å². The van der Waals surface area contributed by atoms with Gasteiger partial charge in [-0.2, -0.15) is 18.2 Å². The number of halogens is 3. The van der Waals surface area contributed by atoms with Gasteiger partial charge in [-0.05, 0) is 18.2 Å². The largest absolute Gasteiger partial charge is 0.421 e. The van der Waals surface area contributed by atoms with E-state index in [1.807, 2.05) is 0 Å². The number of nitrogens with zero attached hydrogens (tertiary/aromatic N) is 5. The lowest BCUT2D eigenvalue weighted by Gasteiger charge is -2.19. The molecule has 186 valence electrons. The van der Waals surface area contributed by atoms with E-state index >= 15 is 0 Å². The Labute approximate surface area is 198 Å². The summed E-state index contributed by atoms with van der Waals surface area (Å²) in [6, 6.07) is 6.44. The molecule has 3 rings (SSSR count). The molecule has 0 fully saturated rings. The first kappa shape index (κ1) is 25.6. The molecule has 0 aliphatic heterocycles. The maximum atomic E-state index is 13.6. The van der Waals surface area contributed by atoms with Gasteiger partial charge in [-0.1, -0.05) is 6.07 Å². The van der Waals surface area contributed by atoms with Crippen LogP contribution in [0.5, 0.6) is 0 Å². The summed E-state index contributed by atoms with van der Waals surface area (Å²) in [5, 5.41) is 7.94. The molecule has 0 radical (unpaired) electrons. The Hall–Kier alpha value is -4.01. The molecule has 15 heteroatoms. The van der Waals surface area contributed by atoms with Crippen LogP contribution in [0.15, 0.2) is 42.9 Å². The van der Waals surface area contributed by atoms with Crippen LogP contribution in [0.25, 0.3) is 0 Å². The van der Waals surface area contributed by atoms with Crippen molar-refractivity contribution in [3.05, 3.63) is 54.1 Å². The molecule has 3 aromatic rings. The van der Waals surface area contributed by atoms with Gasteiger partial charge in [0.05, 0.1) is 12.8 Å². The van der Waals surface area contributed by atoms with Crippen molar-refractivity contribution >= 4 is 44.9 Å². The first-order valence-electron chi connectivity index (χ1n) is 9.91. The Morgan fingerprint density at radius 2 is 1.80 bits per heavy atom. The molecule has 2 aromatic heterocycles. The fraction of sp³-hybridized carbons (Fsp3) is 0.250. The Morgan fingerprint density at radius 3 is 2.46 bits per heavy atom. The number of rotatable bonds is 8. The summed E-state index contributed by atoms with van der Waals surface area (Å²) in [6.07, 6.45) is -0.625. The number of carbonyl (C=O) groups is 1. The molecule has 35 heavy (non-hydrogen) atoms. The molecule has 0 aliphatic rings. The van der Waals surface area contributed by atoms with Crippen LogP contribution in [-0.4, -0.2) is 47.6 Å². The van der Waals surface area contributed by atoms with Crippen molar-refractivity contribution in [2.45, 2.75) is 19.6 Å². The van der Waals surface area contributed by atoms with E-state index in [2.05, 4.69) is 35.9 Å². The van der Waals surface area contributed by atoms with E-state index in [1.165, 1.54) is 26.4 Å². The minimum absolute atomic E-state index is 0.0433. The molecule has 0 saturated carbocycles. The number of benzene rings is 1. The Kier molecular flexibility index (Phi) is 7.38. The Balaban J connectivity index is 1.90. The van der Waals surface area contributed by atoms with Gasteiger partial charge in [-0.25, -0.2) is 18.4 Å². The number of aromatic nitrogens is 4. The maximum Gasteiger partial charge on any atom is 0.421 e. The minimum Gasteiger partial charge on any atom is -0.364 e. The molecule has 0 spiro atoms. The zero-order chi connectivity index (χ0) is 25.8. The third-order valence-corrected chi connectivity index (χ3v) is 5.67. The van der Waals surface area contributed by atoms with E-state index in [0.29, 0.717) is 17.6 Å². The van der Waals surface area contributed by atoms with Gasteiger partial charge in [0.25, 0.3) is 0 Å². The first-order valence-corrected chi connectivity index (χ1v) is 11.8. The molecular weight excluding hydrogens is 489 g/mol. The highest BCUT2D eigenvalue weighted by Crippen LogP contribution is 2.34. The number of hydrogen-bond acceptors (Lipinski definition) is 9. The van der Waals surface area contributed by atoms with Gasteiger partial charge in [0.1, 0.15) is 17.1 Å². The molecule has 3 N–H and O–H groups in total.